The summed E-state index contributed by atoms with van der Waals surface area (Å²) in [6.07, 6.45) is -0.336. The zero-order valence-corrected chi connectivity index (χ0v) is 11.1. The minimum atomic E-state index is -0.336. The summed E-state index contributed by atoms with van der Waals surface area (Å²) in [6, 6.07) is 5.70. The molecule has 0 saturated carbocycles. The van der Waals surface area contributed by atoms with Gasteiger partial charge in [-0.1, -0.05) is 22.0 Å². The number of hydrogen-bond acceptors (Lipinski definition) is 3. The molecular formula is C9H11Br2NO2. The van der Waals surface area contributed by atoms with Crippen LogP contribution < -0.4 is 0 Å². The molecule has 1 unspecified atom stereocenters. The van der Waals surface area contributed by atoms with Crippen molar-refractivity contribution in [3.8, 4) is 0 Å². The van der Waals surface area contributed by atoms with E-state index in [0.717, 1.165) is 10.3 Å². The van der Waals surface area contributed by atoms with Crippen LogP contribution in [0.25, 0.3) is 0 Å². The molecule has 1 heterocycles. The molecule has 0 N–H and O–H groups in total. The molecule has 1 atom stereocenters. The Morgan fingerprint density at radius 3 is 2.43 bits per heavy atom. The number of methoxy groups -OCH3 is 2. The zero-order chi connectivity index (χ0) is 10.6. The summed E-state index contributed by atoms with van der Waals surface area (Å²) in [5.74, 6) is 0. The van der Waals surface area contributed by atoms with E-state index in [1.807, 2.05) is 18.2 Å². The van der Waals surface area contributed by atoms with Gasteiger partial charge in [-0.25, -0.2) is 4.98 Å². The highest BCUT2D eigenvalue weighted by Gasteiger charge is 2.20. The fraction of sp³-hybridized carbons (Fsp3) is 0.444. The van der Waals surface area contributed by atoms with Crippen molar-refractivity contribution in [3.05, 3.63) is 28.5 Å². The van der Waals surface area contributed by atoms with Gasteiger partial charge in [0.1, 0.15) is 9.43 Å². The highest BCUT2D eigenvalue weighted by atomic mass is 79.9. The average Bonchev–Trinajstić information content (AvgIpc) is 2.19. The quantitative estimate of drug-likeness (QED) is 0.485. The van der Waals surface area contributed by atoms with Crippen LogP contribution in [0.4, 0.5) is 0 Å². The number of alkyl halides is 1. The van der Waals surface area contributed by atoms with E-state index >= 15 is 0 Å². The molecule has 5 heteroatoms. The lowest BCUT2D eigenvalue weighted by molar-refractivity contribution is -0.101. The fourth-order valence-electron chi connectivity index (χ4n) is 1.05. The van der Waals surface area contributed by atoms with Gasteiger partial charge in [0.2, 0.25) is 0 Å². The van der Waals surface area contributed by atoms with Crippen LogP contribution in [0.1, 0.15) is 10.5 Å². The first-order valence-electron chi connectivity index (χ1n) is 4.01. The normalized spacial score (nSPS) is 13.2. The van der Waals surface area contributed by atoms with Gasteiger partial charge < -0.3 is 9.47 Å². The van der Waals surface area contributed by atoms with Crippen LogP contribution in [0.3, 0.4) is 0 Å². The largest absolute Gasteiger partial charge is 0.354 e. The molecule has 1 aromatic rings. The Hall–Kier alpha value is 0.0300. The predicted molar refractivity (Wildman–Crippen MR) is 61.4 cm³/mol. The van der Waals surface area contributed by atoms with Crippen molar-refractivity contribution in [2.24, 2.45) is 0 Å². The summed E-state index contributed by atoms with van der Waals surface area (Å²) in [5, 5.41) is 0. The standard InChI is InChI=1S/C9H11Br2NO2/c1-13-9(14-2)8(11)6-4-3-5-7(10)12-6/h3-5,8-9H,1-2H3. The molecule has 0 aliphatic heterocycles. The highest BCUT2D eigenvalue weighted by molar-refractivity contribution is 9.10. The molecule has 0 aromatic carbocycles. The smallest absolute Gasteiger partial charge is 0.174 e. The molecule has 78 valence electrons. The van der Waals surface area contributed by atoms with Crippen molar-refractivity contribution in [2.45, 2.75) is 11.1 Å². The first-order valence-corrected chi connectivity index (χ1v) is 5.72. The zero-order valence-electron chi connectivity index (χ0n) is 7.91. The molecule has 1 rings (SSSR count). The molecule has 0 spiro atoms. The lowest BCUT2D eigenvalue weighted by Crippen LogP contribution is -2.19. The number of rotatable bonds is 4. The van der Waals surface area contributed by atoms with Crippen LogP contribution in [0.5, 0.6) is 0 Å². The topological polar surface area (TPSA) is 31.4 Å². The van der Waals surface area contributed by atoms with Gasteiger partial charge in [-0.05, 0) is 28.1 Å². The van der Waals surface area contributed by atoms with E-state index < -0.39 is 0 Å². The van der Waals surface area contributed by atoms with Crippen LogP contribution in [0.15, 0.2) is 22.8 Å². The van der Waals surface area contributed by atoms with Gasteiger partial charge in [0.05, 0.1) is 5.69 Å². The van der Waals surface area contributed by atoms with Crippen LogP contribution in [0.2, 0.25) is 0 Å². The number of aromatic nitrogens is 1. The lowest BCUT2D eigenvalue weighted by Gasteiger charge is -2.18. The molecule has 3 nitrogen and oxygen atoms in total. The molecule has 0 fully saturated rings. The molecule has 1 aromatic heterocycles. The highest BCUT2D eigenvalue weighted by Crippen LogP contribution is 2.27. The summed E-state index contributed by atoms with van der Waals surface area (Å²) in [7, 11) is 3.20. The number of ether oxygens (including phenoxy) is 2. The number of pyridine rings is 1. The first-order chi connectivity index (χ1) is 6.69. The molecule has 0 aliphatic rings. The van der Waals surface area contributed by atoms with Gasteiger partial charge in [-0.15, -0.1) is 0 Å². The molecule has 0 saturated heterocycles. The minimum absolute atomic E-state index is 0.0741. The maximum Gasteiger partial charge on any atom is 0.174 e. The maximum atomic E-state index is 5.13. The van der Waals surface area contributed by atoms with E-state index in [1.165, 1.54) is 0 Å². The summed E-state index contributed by atoms with van der Waals surface area (Å²) in [6.45, 7) is 0. The fourth-order valence-corrected chi connectivity index (χ4v) is 2.10. The Bertz CT molecular complexity index is 292. The Morgan fingerprint density at radius 2 is 1.93 bits per heavy atom. The summed E-state index contributed by atoms with van der Waals surface area (Å²) in [4.78, 5) is 4.23. The summed E-state index contributed by atoms with van der Waals surface area (Å²) in [5.41, 5.74) is 0.869. The Kier molecular flexibility index (Phi) is 5.01. The Labute approximate surface area is 100 Å². The Balaban J connectivity index is 2.82. The second kappa shape index (κ2) is 5.80. The van der Waals surface area contributed by atoms with Gasteiger partial charge in [-0.2, -0.15) is 0 Å². The van der Waals surface area contributed by atoms with Crippen LogP contribution >= 0.6 is 31.9 Å². The average molecular weight is 325 g/mol. The van der Waals surface area contributed by atoms with Gasteiger partial charge in [0, 0.05) is 14.2 Å². The number of nitrogens with zero attached hydrogens (tertiary/aromatic N) is 1. The van der Waals surface area contributed by atoms with E-state index in [1.54, 1.807) is 14.2 Å². The van der Waals surface area contributed by atoms with Crippen LogP contribution in [0, 0.1) is 0 Å². The van der Waals surface area contributed by atoms with Crippen molar-refractivity contribution >= 4 is 31.9 Å². The SMILES string of the molecule is COC(OC)C(Br)c1cccc(Br)n1. The Morgan fingerprint density at radius 1 is 1.29 bits per heavy atom. The predicted octanol–water partition coefficient (Wildman–Crippen LogP) is 2.90. The first kappa shape index (κ1) is 12.1. The van der Waals surface area contributed by atoms with Crippen LogP contribution in [-0.2, 0) is 9.47 Å². The number of hydrogen-bond donors (Lipinski definition) is 0. The molecule has 0 amide bonds. The number of halogens is 2. The van der Waals surface area contributed by atoms with Gasteiger partial charge in [-0.3, -0.25) is 0 Å². The second-order valence-corrected chi connectivity index (χ2v) is 4.43. The monoisotopic (exact) mass is 323 g/mol. The van der Waals surface area contributed by atoms with Crippen molar-refractivity contribution in [3.63, 3.8) is 0 Å². The molecule has 0 aliphatic carbocycles. The van der Waals surface area contributed by atoms with E-state index in [2.05, 4.69) is 36.8 Å². The van der Waals surface area contributed by atoms with Crippen molar-refractivity contribution < 1.29 is 9.47 Å². The van der Waals surface area contributed by atoms with E-state index in [-0.39, 0.29) is 11.1 Å². The second-order valence-electron chi connectivity index (χ2n) is 2.63. The molecule has 0 radical (unpaired) electrons. The van der Waals surface area contributed by atoms with Gasteiger partial charge >= 0.3 is 0 Å². The molecular weight excluding hydrogens is 314 g/mol. The summed E-state index contributed by atoms with van der Waals surface area (Å²) >= 11 is 6.78. The maximum absolute atomic E-state index is 5.13. The van der Waals surface area contributed by atoms with Crippen molar-refractivity contribution in [1.29, 1.82) is 0 Å². The lowest BCUT2D eigenvalue weighted by atomic mass is 10.2. The minimum Gasteiger partial charge on any atom is -0.354 e. The third kappa shape index (κ3) is 3.02. The molecule has 0 bridgehead atoms. The third-order valence-corrected chi connectivity index (χ3v) is 3.07. The summed E-state index contributed by atoms with van der Waals surface area (Å²) < 4.78 is 11.1. The molecule has 14 heavy (non-hydrogen) atoms. The van der Waals surface area contributed by atoms with Crippen LogP contribution in [-0.4, -0.2) is 25.5 Å². The van der Waals surface area contributed by atoms with Crippen molar-refractivity contribution in [1.82, 2.24) is 4.98 Å². The van der Waals surface area contributed by atoms with E-state index in [0.29, 0.717) is 0 Å². The van der Waals surface area contributed by atoms with Gasteiger partial charge in [0.25, 0.3) is 0 Å². The van der Waals surface area contributed by atoms with Crippen molar-refractivity contribution in [2.75, 3.05) is 14.2 Å². The van der Waals surface area contributed by atoms with E-state index in [4.69, 9.17) is 9.47 Å². The van der Waals surface area contributed by atoms with Gasteiger partial charge in [0.15, 0.2) is 6.29 Å². The van der Waals surface area contributed by atoms with E-state index in [9.17, 15) is 0 Å². The third-order valence-electron chi connectivity index (χ3n) is 1.72.